The molecular formula is C26H28FN5O5S. The Morgan fingerprint density at radius 1 is 1.00 bits per heavy atom. The molecule has 2 atom stereocenters. The van der Waals surface area contributed by atoms with E-state index in [1.165, 1.54) is 40.4 Å². The Bertz CT molecular complexity index is 1500. The molecule has 3 aromatic heterocycles. The van der Waals surface area contributed by atoms with E-state index in [1.807, 2.05) is 13.0 Å². The Hall–Kier alpha value is -3.90. The number of rotatable bonds is 10. The van der Waals surface area contributed by atoms with Gasteiger partial charge in [-0.05, 0) is 49.7 Å². The van der Waals surface area contributed by atoms with E-state index in [9.17, 15) is 12.8 Å². The normalized spacial score (nSPS) is 13.2. The Morgan fingerprint density at radius 3 is 2.29 bits per heavy atom. The standard InChI is InChI=1S/C26H28FN5O5S/c1-16-11-18(13-28-12-16)26-31-30-23(32(26)24-21(35-3)7-6-8-22(24)36-4)15-38(33,34)17(2)25(37-5)20-10-9-19(27)14-29-20/h6-14,17,25H,15H2,1-5H3/t17-,25+/m0/s1. The van der Waals surface area contributed by atoms with Crippen molar-refractivity contribution >= 4 is 9.84 Å². The van der Waals surface area contributed by atoms with Crippen LogP contribution in [0.4, 0.5) is 4.39 Å². The van der Waals surface area contributed by atoms with Crippen LogP contribution in [0.5, 0.6) is 11.5 Å². The predicted octanol–water partition coefficient (Wildman–Crippen LogP) is 3.88. The van der Waals surface area contributed by atoms with Crippen molar-refractivity contribution in [2.24, 2.45) is 0 Å². The number of aryl methyl sites for hydroxylation is 1. The first-order valence-corrected chi connectivity index (χ1v) is 13.3. The van der Waals surface area contributed by atoms with E-state index >= 15 is 0 Å². The highest BCUT2D eigenvalue weighted by molar-refractivity contribution is 7.91. The first kappa shape index (κ1) is 27.1. The van der Waals surface area contributed by atoms with Crippen LogP contribution in [0.25, 0.3) is 17.1 Å². The van der Waals surface area contributed by atoms with Crippen molar-refractivity contribution in [1.82, 2.24) is 24.7 Å². The molecule has 0 spiro atoms. The summed E-state index contributed by atoms with van der Waals surface area (Å²) in [4.78, 5) is 8.27. The van der Waals surface area contributed by atoms with Gasteiger partial charge in [0.2, 0.25) is 0 Å². The number of hydrogen-bond acceptors (Lipinski definition) is 9. The molecule has 38 heavy (non-hydrogen) atoms. The highest BCUT2D eigenvalue weighted by Gasteiger charge is 2.34. The highest BCUT2D eigenvalue weighted by atomic mass is 32.2. The van der Waals surface area contributed by atoms with Gasteiger partial charge in [0.1, 0.15) is 34.9 Å². The smallest absolute Gasteiger partial charge is 0.170 e. The largest absolute Gasteiger partial charge is 0.494 e. The number of hydrogen-bond donors (Lipinski definition) is 0. The number of para-hydroxylation sites is 1. The molecule has 0 radical (unpaired) electrons. The van der Waals surface area contributed by atoms with Crippen molar-refractivity contribution < 1.29 is 27.0 Å². The molecule has 0 aliphatic carbocycles. The van der Waals surface area contributed by atoms with Crippen molar-refractivity contribution in [2.45, 2.75) is 31.0 Å². The SMILES string of the molecule is COc1cccc(OC)c1-n1c(CS(=O)(=O)[C@@H](C)[C@@H](OC)c2ccc(F)cn2)nnc1-c1cncc(C)c1. The first-order chi connectivity index (χ1) is 18.2. The molecule has 3 heterocycles. The minimum Gasteiger partial charge on any atom is -0.494 e. The molecule has 10 nitrogen and oxygen atoms in total. The van der Waals surface area contributed by atoms with Crippen molar-refractivity contribution in [3.8, 4) is 28.6 Å². The number of sulfone groups is 1. The van der Waals surface area contributed by atoms with Crippen LogP contribution < -0.4 is 9.47 Å². The van der Waals surface area contributed by atoms with E-state index in [4.69, 9.17) is 14.2 Å². The first-order valence-electron chi connectivity index (χ1n) is 11.6. The maximum absolute atomic E-state index is 13.7. The summed E-state index contributed by atoms with van der Waals surface area (Å²) in [6, 6.07) is 9.71. The van der Waals surface area contributed by atoms with Gasteiger partial charge >= 0.3 is 0 Å². The molecule has 0 amide bonds. The molecule has 12 heteroatoms. The summed E-state index contributed by atoms with van der Waals surface area (Å²) in [5.41, 5.74) is 2.26. The number of aromatic nitrogens is 5. The Kier molecular flexibility index (Phi) is 8.02. The minimum atomic E-state index is -3.91. The zero-order chi connectivity index (χ0) is 27.4. The molecular weight excluding hydrogens is 513 g/mol. The van der Waals surface area contributed by atoms with Crippen LogP contribution in [0.2, 0.25) is 0 Å². The monoisotopic (exact) mass is 541 g/mol. The molecule has 200 valence electrons. The Labute approximate surface area is 220 Å². The third kappa shape index (κ3) is 5.36. The van der Waals surface area contributed by atoms with Gasteiger partial charge in [0.05, 0.1) is 31.4 Å². The van der Waals surface area contributed by atoms with Gasteiger partial charge in [-0.3, -0.25) is 14.5 Å². The second-order valence-corrected chi connectivity index (χ2v) is 11.0. The molecule has 0 saturated heterocycles. The maximum atomic E-state index is 13.7. The number of nitrogens with zero attached hydrogens (tertiary/aromatic N) is 5. The van der Waals surface area contributed by atoms with E-state index in [-0.39, 0.29) is 5.82 Å². The predicted molar refractivity (Wildman–Crippen MR) is 138 cm³/mol. The average Bonchev–Trinajstić information content (AvgIpc) is 3.31. The van der Waals surface area contributed by atoms with E-state index in [1.54, 1.807) is 35.2 Å². The Balaban J connectivity index is 1.84. The Morgan fingerprint density at radius 2 is 1.71 bits per heavy atom. The van der Waals surface area contributed by atoms with Gasteiger partial charge in [0.25, 0.3) is 0 Å². The molecule has 0 saturated carbocycles. The third-order valence-corrected chi connectivity index (χ3v) is 8.15. The molecule has 0 unspecified atom stereocenters. The molecule has 0 bridgehead atoms. The molecule has 1 aromatic carbocycles. The van der Waals surface area contributed by atoms with E-state index in [2.05, 4.69) is 20.2 Å². The maximum Gasteiger partial charge on any atom is 0.170 e. The summed E-state index contributed by atoms with van der Waals surface area (Å²) < 4.78 is 59.1. The van der Waals surface area contributed by atoms with Gasteiger partial charge in [-0.25, -0.2) is 12.8 Å². The lowest BCUT2D eigenvalue weighted by atomic mass is 10.2. The van der Waals surface area contributed by atoms with Crippen LogP contribution in [0, 0.1) is 12.7 Å². The summed E-state index contributed by atoms with van der Waals surface area (Å²) in [5, 5.41) is 7.58. The lowest BCUT2D eigenvalue weighted by Crippen LogP contribution is -2.29. The van der Waals surface area contributed by atoms with Gasteiger partial charge in [-0.2, -0.15) is 0 Å². The second-order valence-electron chi connectivity index (χ2n) is 8.61. The van der Waals surface area contributed by atoms with Crippen LogP contribution in [0.15, 0.2) is 55.0 Å². The molecule has 0 aliphatic heterocycles. The van der Waals surface area contributed by atoms with Gasteiger partial charge in [-0.1, -0.05) is 6.07 Å². The van der Waals surface area contributed by atoms with Crippen molar-refractivity contribution in [3.63, 3.8) is 0 Å². The molecule has 4 aromatic rings. The van der Waals surface area contributed by atoms with Crippen molar-refractivity contribution in [3.05, 3.63) is 77.9 Å². The third-order valence-electron chi connectivity index (χ3n) is 6.11. The van der Waals surface area contributed by atoms with Gasteiger partial charge in [0, 0.05) is 25.1 Å². The van der Waals surface area contributed by atoms with Gasteiger partial charge < -0.3 is 14.2 Å². The summed E-state index contributed by atoms with van der Waals surface area (Å²) in [6.07, 6.45) is 3.42. The van der Waals surface area contributed by atoms with Crippen LogP contribution in [-0.4, -0.2) is 59.7 Å². The molecule has 0 fully saturated rings. The van der Waals surface area contributed by atoms with Crippen LogP contribution in [-0.2, 0) is 20.3 Å². The zero-order valence-electron chi connectivity index (χ0n) is 21.6. The summed E-state index contributed by atoms with van der Waals surface area (Å²) in [5.74, 6) is 0.355. The number of pyridine rings is 2. The number of ether oxygens (including phenoxy) is 3. The highest BCUT2D eigenvalue weighted by Crippen LogP contribution is 2.37. The molecule has 4 rings (SSSR count). The molecule has 0 N–H and O–H groups in total. The van der Waals surface area contributed by atoms with Crippen LogP contribution in [0.1, 0.15) is 30.1 Å². The summed E-state index contributed by atoms with van der Waals surface area (Å²) in [6.45, 7) is 3.41. The van der Waals surface area contributed by atoms with Gasteiger partial charge in [0.15, 0.2) is 21.5 Å². The van der Waals surface area contributed by atoms with E-state index in [0.29, 0.717) is 34.3 Å². The quantitative estimate of drug-likeness (QED) is 0.295. The number of benzene rings is 1. The fourth-order valence-corrected chi connectivity index (χ4v) is 5.61. The topological polar surface area (TPSA) is 118 Å². The average molecular weight is 542 g/mol. The van der Waals surface area contributed by atoms with Crippen molar-refractivity contribution in [2.75, 3.05) is 21.3 Å². The minimum absolute atomic E-state index is 0.137. The molecule has 0 aliphatic rings. The van der Waals surface area contributed by atoms with Gasteiger partial charge in [-0.15, -0.1) is 10.2 Å². The van der Waals surface area contributed by atoms with E-state index in [0.717, 1.165) is 11.8 Å². The lowest BCUT2D eigenvalue weighted by molar-refractivity contribution is 0.0986. The van der Waals surface area contributed by atoms with Crippen LogP contribution >= 0.6 is 0 Å². The van der Waals surface area contributed by atoms with Crippen molar-refractivity contribution in [1.29, 1.82) is 0 Å². The summed E-state index contributed by atoms with van der Waals surface area (Å²) in [7, 11) is 0.488. The lowest BCUT2D eigenvalue weighted by Gasteiger charge is -2.23. The summed E-state index contributed by atoms with van der Waals surface area (Å²) >= 11 is 0. The fraction of sp³-hybridized carbons (Fsp3) is 0.308. The van der Waals surface area contributed by atoms with Crippen LogP contribution in [0.3, 0.4) is 0 Å². The second kappa shape index (κ2) is 11.2. The zero-order valence-corrected chi connectivity index (χ0v) is 22.4. The fourth-order valence-electron chi connectivity index (χ4n) is 4.17. The van der Waals surface area contributed by atoms with E-state index < -0.39 is 32.8 Å². The number of methoxy groups -OCH3 is 3. The number of halogens is 1.